The van der Waals surface area contributed by atoms with Gasteiger partial charge in [0.1, 0.15) is 12.4 Å². The molecule has 1 saturated carbocycles. The maximum atomic E-state index is 13.5. The van der Waals surface area contributed by atoms with Crippen molar-refractivity contribution in [3.63, 3.8) is 0 Å². The molecule has 1 aliphatic carbocycles. The quantitative estimate of drug-likeness (QED) is 0.594. The highest BCUT2D eigenvalue weighted by molar-refractivity contribution is 7.89. The minimum absolute atomic E-state index is 0.00507. The molecule has 4 rings (SSSR count). The summed E-state index contributed by atoms with van der Waals surface area (Å²) in [7, 11) is -2.01. The number of hydrogen-bond donors (Lipinski definition) is 1. The number of nitrogens with one attached hydrogen (secondary N) is 1. The van der Waals surface area contributed by atoms with Crippen molar-refractivity contribution >= 4 is 32.5 Å². The first-order valence-electron chi connectivity index (χ1n) is 10.8. The number of hydrogen-bond acceptors (Lipinski definition) is 5. The van der Waals surface area contributed by atoms with Gasteiger partial charge in [-0.15, -0.1) is 0 Å². The third-order valence-corrected chi connectivity index (χ3v) is 7.93. The molecule has 0 saturated heterocycles. The van der Waals surface area contributed by atoms with Gasteiger partial charge in [-0.2, -0.15) is 4.31 Å². The number of rotatable bonds is 6. The van der Waals surface area contributed by atoms with Crippen LogP contribution in [0.3, 0.4) is 0 Å². The zero-order valence-electron chi connectivity index (χ0n) is 18.2. The number of benzene rings is 2. The third kappa shape index (κ3) is 4.96. The average Bonchev–Trinajstić information content (AvgIpc) is 2.81. The third-order valence-electron chi connectivity index (χ3n) is 6.00. The first kappa shape index (κ1) is 23.1. The molecule has 1 aromatic heterocycles. The summed E-state index contributed by atoms with van der Waals surface area (Å²) in [6.07, 6.45) is 6.15. The molecule has 3 aromatic rings. The van der Waals surface area contributed by atoms with Gasteiger partial charge in [0.05, 0.1) is 22.1 Å². The fourth-order valence-electron chi connectivity index (χ4n) is 4.12. The first-order valence-corrected chi connectivity index (χ1v) is 12.2. The second-order valence-corrected chi connectivity index (χ2v) is 10.2. The summed E-state index contributed by atoms with van der Waals surface area (Å²) in [5, 5.41) is 2.72. The Bertz CT molecular complexity index is 1330. The number of amides is 1. The van der Waals surface area contributed by atoms with Crippen molar-refractivity contribution in [2.24, 2.45) is 0 Å². The van der Waals surface area contributed by atoms with Crippen LogP contribution in [0.1, 0.15) is 32.1 Å². The molecule has 10 heteroatoms. The minimum Gasteiger partial charge on any atom is -0.325 e. The second-order valence-electron chi connectivity index (χ2n) is 8.22. The van der Waals surface area contributed by atoms with E-state index >= 15 is 0 Å². The van der Waals surface area contributed by atoms with Crippen LogP contribution in [0, 0.1) is 5.82 Å². The molecule has 174 valence electrons. The Balaban J connectivity index is 1.45. The highest BCUT2D eigenvalue weighted by Gasteiger charge is 2.28. The molecule has 1 fully saturated rings. The Morgan fingerprint density at radius 2 is 1.85 bits per heavy atom. The molecule has 0 bridgehead atoms. The van der Waals surface area contributed by atoms with Crippen LogP contribution in [0.4, 0.5) is 10.1 Å². The van der Waals surface area contributed by atoms with E-state index in [2.05, 4.69) is 10.3 Å². The SMILES string of the molecule is CN(C1CCCCC1)S(=O)(=O)c1ccc(NC(=O)Cn2cnc3ccc(F)cc3c2=O)cc1. The van der Waals surface area contributed by atoms with E-state index in [9.17, 15) is 22.4 Å². The van der Waals surface area contributed by atoms with Crippen LogP contribution in [0.15, 0.2) is 58.5 Å². The number of carbonyl (C=O) groups excluding carboxylic acids is 1. The van der Waals surface area contributed by atoms with Crippen molar-refractivity contribution < 1.29 is 17.6 Å². The maximum absolute atomic E-state index is 13.5. The van der Waals surface area contributed by atoms with Gasteiger partial charge in [0.25, 0.3) is 5.56 Å². The van der Waals surface area contributed by atoms with Crippen molar-refractivity contribution in [3.8, 4) is 0 Å². The normalized spacial score (nSPS) is 15.1. The van der Waals surface area contributed by atoms with Crippen molar-refractivity contribution in [2.75, 3.05) is 12.4 Å². The smallest absolute Gasteiger partial charge is 0.261 e. The van der Waals surface area contributed by atoms with Crippen molar-refractivity contribution in [1.82, 2.24) is 13.9 Å². The molecule has 0 spiro atoms. The van der Waals surface area contributed by atoms with Crippen LogP contribution >= 0.6 is 0 Å². The summed E-state index contributed by atoms with van der Waals surface area (Å²) in [4.78, 5) is 29.2. The molecule has 0 radical (unpaired) electrons. The number of sulfonamides is 1. The van der Waals surface area contributed by atoms with E-state index in [4.69, 9.17) is 0 Å². The summed E-state index contributed by atoms with van der Waals surface area (Å²) in [6, 6.07) is 9.63. The van der Waals surface area contributed by atoms with Crippen LogP contribution in [0.2, 0.25) is 0 Å². The molecule has 0 aliphatic heterocycles. The zero-order chi connectivity index (χ0) is 23.6. The molecule has 1 N–H and O–H groups in total. The zero-order valence-corrected chi connectivity index (χ0v) is 19.0. The lowest BCUT2D eigenvalue weighted by Crippen LogP contribution is -2.38. The Kier molecular flexibility index (Phi) is 6.57. The van der Waals surface area contributed by atoms with E-state index < -0.39 is 27.3 Å². The lowest BCUT2D eigenvalue weighted by atomic mass is 9.96. The largest absolute Gasteiger partial charge is 0.325 e. The predicted molar refractivity (Wildman–Crippen MR) is 123 cm³/mol. The van der Waals surface area contributed by atoms with E-state index in [1.54, 1.807) is 7.05 Å². The summed E-state index contributed by atoms with van der Waals surface area (Å²) in [5.41, 5.74) is 0.210. The number of nitrogens with zero attached hydrogens (tertiary/aromatic N) is 3. The van der Waals surface area contributed by atoms with Crippen LogP contribution in [-0.4, -0.2) is 41.3 Å². The van der Waals surface area contributed by atoms with Gasteiger partial charge in [-0.3, -0.25) is 14.2 Å². The van der Waals surface area contributed by atoms with Crippen molar-refractivity contribution in [3.05, 3.63) is 65.0 Å². The van der Waals surface area contributed by atoms with Gasteiger partial charge in [-0.25, -0.2) is 17.8 Å². The van der Waals surface area contributed by atoms with Gasteiger partial charge in [-0.05, 0) is 55.3 Å². The molecule has 33 heavy (non-hydrogen) atoms. The maximum Gasteiger partial charge on any atom is 0.261 e. The fraction of sp³-hybridized carbons (Fsp3) is 0.348. The molecule has 1 aliphatic rings. The number of fused-ring (bicyclic) bond motifs is 1. The molecule has 1 amide bonds. The molecule has 2 aromatic carbocycles. The standard InChI is InChI=1S/C23H25FN4O4S/c1-27(18-5-3-2-4-6-18)33(31,32)19-10-8-17(9-11-19)26-22(29)14-28-15-25-21-12-7-16(24)13-20(21)23(28)30/h7-13,15,18H,2-6,14H2,1H3,(H,26,29). The lowest BCUT2D eigenvalue weighted by Gasteiger charge is -2.30. The van der Waals surface area contributed by atoms with Gasteiger partial charge >= 0.3 is 0 Å². The number of aromatic nitrogens is 2. The van der Waals surface area contributed by atoms with Gasteiger partial charge in [0.15, 0.2) is 0 Å². The van der Waals surface area contributed by atoms with Gasteiger partial charge < -0.3 is 5.32 Å². The summed E-state index contributed by atoms with van der Waals surface area (Å²) in [5.74, 6) is -1.06. The van der Waals surface area contributed by atoms with Crippen molar-refractivity contribution in [1.29, 1.82) is 0 Å². The summed E-state index contributed by atoms with van der Waals surface area (Å²) in [6.45, 7) is -0.317. The Morgan fingerprint density at radius 3 is 2.55 bits per heavy atom. The second kappa shape index (κ2) is 9.40. The van der Waals surface area contributed by atoms with E-state index in [0.717, 1.165) is 42.7 Å². The van der Waals surface area contributed by atoms with Crippen LogP contribution in [0.5, 0.6) is 0 Å². The Hall–Kier alpha value is -3.11. The molecule has 0 unspecified atom stereocenters. The molecular formula is C23H25FN4O4S. The van der Waals surface area contributed by atoms with E-state index in [0.29, 0.717) is 11.2 Å². The molecule has 0 atom stereocenters. The number of halogens is 1. The van der Waals surface area contributed by atoms with Gasteiger partial charge in [0.2, 0.25) is 15.9 Å². The minimum atomic E-state index is -3.63. The van der Waals surface area contributed by atoms with E-state index in [-0.39, 0.29) is 22.9 Å². The van der Waals surface area contributed by atoms with E-state index in [1.165, 1.54) is 47.0 Å². The molecular weight excluding hydrogens is 447 g/mol. The average molecular weight is 473 g/mol. The Morgan fingerprint density at radius 1 is 1.15 bits per heavy atom. The monoisotopic (exact) mass is 472 g/mol. The van der Waals surface area contributed by atoms with Crippen molar-refractivity contribution in [2.45, 2.75) is 49.6 Å². The van der Waals surface area contributed by atoms with Crippen LogP contribution in [-0.2, 0) is 21.4 Å². The van der Waals surface area contributed by atoms with Crippen LogP contribution in [0.25, 0.3) is 10.9 Å². The van der Waals surface area contributed by atoms with Crippen LogP contribution < -0.4 is 10.9 Å². The highest BCUT2D eigenvalue weighted by atomic mass is 32.2. The highest BCUT2D eigenvalue weighted by Crippen LogP contribution is 2.27. The first-order chi connectivity index (χ1) is 15.8. The summed E-state index contributed by atoms with van der Waals surface area (Å²) >= 11 is 0. The number of carbonyl (C=O) groups is 1. The molecule has 8 nitrogen and oxygen atoms in total. The fourth-order valence-corrected chi connectivity index (χ4v) is 5.53. The molecule has 1 heterocycles. The Labute approximate surface area is 191 Å². The predicted octanol–water partition coefficient (Wildman–Crippen LogP) is 3.13. The van der Waals surface area contributed by atoms with Gasteiger partial charge in [0, 0.05) is 18.8 Å². The van der Waals surface area contributed by atoms with Gasteiger partial charge in [-0.1, -0.05) is 19.3 Å². The van der Waals surface area contributed by atoms with E-state index in [1.807, 2.05) is 0 Å². The number of anilines is 1. The summed E-state index contributed by atoms with van der Waals surface area (Å²) < 4.78 is 41.9. The lowest BCUT2D eigenvalue weighted by molar-refractivity contribution is -0.116. The topological polar surface area (TPSA) is 101 Å².